The summed E-state index contributed by atoms with van der Waals surface area (Å²) in [6, 6.07) is 9.89. The highest BCUT2D eigenvalue weighted by molar-refractivity contribution is 5.92. The molecule has 4 atom stereocenters. The number of ether oxygens (including phenoxy) is 1. The summed E-state index contributed by atoms with van der Waals surface area (Å²) in [6.45, 7) is -0.392. The van der Waals surface area contributed by atoms with Crippen molar-refractivity contribution < 1.29 is 20.1 Å². The van der Waals surface area contributed by atoms with Crippen LogP contribution >= 0.6 is 0 Å². The highest BCUT2D eigenvalue weighted by atomic mass is 16.6. The van der Waals surface area contributed by atoms with Crippen LogP contribution in [0.1, 0.15) is 6.23 Å². The van der Waals surface area contributed by atoms with E-state index in [0.29, 0.717) is 16.9 Å². The summed E-state index contributed by atoms with van der Waals surface area (Å²) in [4.78, 5) is 16.4. The van der Waals surface area contributed by atoms with Gasteiger partial charge in [0.1, 0.15) is 35.8 Å². The van der Waals surface area contributed by atoms with Crippen LogP contribution in [0, 0.1) is 0 Å². The van der Waals surface area contributed by atoms with Crippen molar-refractivity contribution in [3.8, 4) is 11.4 Å². The molecular weight excluding hydrogens is 350 g/mol. The maximum absolute atomic E-state index is 10.3. The first-order chi connectivity index (χ1) is 13.2. The van der Waals surface area contributed by atoms with E-state index in [1.165, 1.54) is 12.7 Å². The number of nitrogens with one attached hydrogen (secondary N) is 1. The lowest BCUT2D eigenvalue weighted by Gasteiger charge is -2.16. The molecule has 0 saturated carbocycles. The number of para-hydroxylation sites is 1. The normalized spacial score (nSPS) is 25.6. The largest absolute Gasteiger partial charge is 0.394 e. The summed E-state index contributed by atoms with van der Waals surface area (Å²) in [5, 5.41) is 30.6. The number of rotatable bonds is 3. The number of aromatic amines is 1. The van der Waals surface area contributed by atoms with Crippen molar-refractivity contribution in [1.29, 1.82) is 0 Å². The molecule has 0 aliphatic carbocycles. The number of hydrogen-bond donors (Lipinski definition) is 4. The van der Waals surface area contributed by atoms with Gasteiger partial charge in [0.2, 0.25) is 0 Å². The number of aliphatic hydroxyl groups excluding tert-OH is 3. The molecule has 4 N–H and O–H groups in total. The van der Waals surface area contributed by atoms with Crippen molar-refractivity contribution in [1.82, 2.24) is 24.5 Å². The summed E-state index contributed by atoms with van der Waals surface area (Å²) >= 11 is 0. The van der Waals surface area contributed by atoms with Gasteiger partial charge in [-0.2, -0.15) is 0 Å². The quantitative estimate of drug-likeness (QED) is 0.417. The van der Waals surface area contributed by atoms with E-state index in [1.54, 1.807) is 4.57 Å². The lowest BCUT2D eigenvalue weighted by atomic mass is 10.1. The van der Waals surface area contributed by atoms with E-state index in [-0.39, 0.29) is 0 Å². The Labute approximate surface area is 152 Å². The van der Waals surface area contributed by atoms with Gasteiger partial charge < -0.3 is 25.0 Å². The fraction of sp³-hybridized carbons (Fsp3) is 0.278. The van der Waals surface area contributed by atoms with Crippen LogP contribution < -0.4 is 0 Å². The third-order valence-electron chi connectivity index (χ3n) is 4.94. The number of fused-ring (bicyclic) bond motifs is 2. The molecule has 9 heteroatoms. The van der Waals surface area contributed by atoms with E-state index in [9.17, 15) is 15.3 Å². The second kappa shape index (κ2) is 6.10. The van der Waals surface area contributed by atoms with Crippen molar-refractivity contribution in [2.75, 3.05) is 6.61 Å². The topological polar surface area (TPSA) is 129 Å². The zero-order chi connectivity index (χ0) is 18.5. The van der Waals surface area contributed by atoms with E-state index in [2.05, 4.69) is 19.9 Å². The van der Waals surface area contributed by atoms with Crippen LogP contribution in [0.5, 0.6) is 0 Å². The number of aromatic nitrogens is 5. The zero-order valence-corrected chi connectivity index (χ0v) is 14.1. The summed E-state index contributed by atoms with van der Waals surface area (Å²) in [7, 11) is 0. The van der Waals surface area contributed by atoms with E-state index in [1.807, 2.05) is 30.3 Å². The van der Waals surface area contributed by atoms with E-state index in [0.717, 1.165) is 16.6 Å². The summed E-state index contributed by atoms with van der Waals surface area (Å²) in [6.07, 6.45) is -1.24. The summed E-state index contributed by atoms with van der Waals surface area (Å²) < 4.78 is 7.13. The molecule has 138 valence electrons. The number of benzene rings is 1. The molecule has 0 bridgehead atoms. The Morgan fingerprint density at radius 1 is 1.11 bits per heavy atom. The van der Waals surface area contributed by atoms with Gasteiger partial charge in [0, 0.05) is 10.9 Å². The number of nitrogens with zero attached hydrogens (tertiary/aromatic N) is 4. The predicted molar refractivity (Wildman–Crippen MR) is 95.6 cm³/mol. The molecule has 0 spiro atoms. The Bertz CT molecular complexity index is 1090. The van der Waals surface area contributed by atoms with E-state index >= 15 is 0 Å². The van der Waals surface area contributed by atoms with Crippen molar-refractivity contribution in [2.45, 2.75) is 24.5 Å². The third kappa shape index (κ3) is 2.44. The minimum atomic E-state index is -1.20. The maximum Gasteiger partial charge on any atom is 0.166 e. The number of imidazole rings is 1. The summed E-state index contributed by atoms with van der Waals surface area (Å²) in [5.41, 5.74) is 3.43. The maximum atomic E-state index is 10.3. The third-order valence-corrected chi connectivity index (χ3v) is 4.94. The molecule has 0 amide bonds. The van der Waals surface area contributed by atoms with Gasteiger partial charge in [-0.1, -0.05) is 18.2 Å². The van der Waals surface area contributed by atoms with Crippen molar-refractivity contribution in [2.24, 2.45) is 0 Å². The Balaban J connectivity index is 1.61. The Kier molecular flexibility index (Phi) is 3.69. The van der Waals surface area contributed by atoms with Crippen LogP contribution in [0.25, 0.3) is 33.5 Å². The molecule has 1 aliphatic heterocycles. The smallest absolute Gasteiger partial charge is 0.166 e. The molecule has 1 aromatic carbocycles. The highest BCUT2D eigenvalue weighted by Crippen LogP contribution is 2.33. The van der Waals surface area contributed by atoms with E-state index in [4.69, 9.17) is 4.74 Å². The fourth-order valence-corrected chi connectivity index (χ4v) is 3.55. The van der Waals surface area contributed by atoms with E-state index < -0.39 is 31.1 Å². The standard InChI is InChI=1S/C18H17N5O4/c24-6-12-15(25)16(26)18(27-12)23-8-21-14-13(19-7-20-17(14)23)11-5-9-3-1-2-4-10(9)22-11/h1-5,7-8,12,15-16,18,22,24-26H,6H2/t12-,15-,16-,18-/m1/s1. The van der Waals surface area contributed by atoms with Crippen molar-refractivity contribution in [3.63, 3.8) is 0 Å². The average molecular weight is 367 g/mol. The molecule has 4 aromatic rings. The molecule has 5 rings (SSSR count). The lowest BCUT2D eigenvalue weighted by Crippen LogP contribution is -2.33. The molecule has 1 fully saturated rings. The van der Waals surface area contributed by atoms with Gasteiger partial charge in [-0.15, -0.1) is 0 Å². The molecule has 0 radical (unpaired) electrons. The second-order valence-corrected chi connectivity index (χ2v) is 6.55. The molecule has 1 saturated heterocycles. The van der Waals surface area contributed by atoms with Crippen LogP contribution in [0.3, 0.4) is 0 Å². The molecule has 27 heavy (non-hydrogen) atoms. The number of H-pyrrole nitrogens is 1. The van der Waals surface area contributed by atoms with Gasteiger partial charge >= 0.3 is 0 Å². The van der Waals surface area contributed by atoms with Gasteiger partial charge in [-0.25, -0.2) is 15.0 Å². The number of aliphatic hydroxyl groups is 3. The zero-order valence-electron chi connectivity index (χ0n) is 14.1. The molecule has 4 heterocycles. The van der Waals surface area contributed by atoms with Gasteiger partial charge in [0.25, 0.3) is 0 Å². The first-order valence-corrected chi connectivity index (χ1v) is 8.55. The highest BCUT2D eigenvalue weighted by Gasteiger charge is 2.44. The number of hydrogen-bond acceptors (Lipinski definition) is 7. The van der Waals surface area contributed by atoms with Crippen molar-refractivity contribution >= 4 is 22.1 Å². The Hall–Kier alpha value is -2.85. The minimum absolute atomic E-state index is 0.392. The predicted octanol–water partition coefficient (Wildman–Crippen LogP) is 0.586. The average Bonchev–Trinajstić information content (AvgIpc) is 3.38. The molecule has 1 aliphatic rings. The SMILES string of the molecule is OC[C@H]1O[C@@H](n2cnc3c(-c4cc5ccccc5[nH]4)ncnc32)[C@H](O)[C@@H]1O. The fourth-order valence-electron chi connectivity index (χ4n) is 3.55. The molecular formula is C18H17N5O4. The second-order valence-electron chi connectivity index (χ2n) is 6.55. The van der Waals surface area contributed by atoms with Gasteiger partial charge in [-0.05, 0) is 12.1 Å². The summed E-state index contributed by atoms with van der Waals surface area (Å²) in [5.74, 6) is 0. The lowest BCUT2D eigenvalue weighted by molar-refractivity contribution is -0.0511. The van der Waals surface area contributed by atoms with Crippen LogP contribution in [-0.4, -0.2) is 64.7 Å². The van der Waals surface area contributed by atoms with Crippen LogP contribution in [-0.2, 0) is 4.74 Å². The van der Waals surface area contributed by atoms with Crippen molar-refractivity contribution in [3.05, 3.63) is 43.0 Å². The van der Waals surface area contributed by atoms with Crippen LogP contribution in [0.4, 0.5) is 0 Å². The van der Waals surface area contributed by atoms with Gasteiger partial charge in [0.15, 0.2) is 11.9 Å². The minimum Gasteiger partial charge on any atom is -0.394 e. The molecule has 9 nitrogen and oxygen atoms in total. The van der Waals surface area contributed by atoms with Crippen LogP contribution in [0.2, 0.25) is 0 Å². The van der Waals surface area contributed by atoms with Gasteiger partial charge in [0.05, 0.1) is 18.6 Å². The molecule has 3 aromatic heterocycles. The monoisotopic (exact) mass is 367 g/mol. The first-order valence-electron chi connectivity index (χ1n) is 8.55. The van der Waals surface area contributed by atoms with Crippen LogP contribution in [0.15, 0.2) is 43.0 Å². The van der Waals surface area contributed by atoms with Gasteiger partial charge in [-0.3, -0.25) is 4.57 Å². The Morgan fingerprint density at radius 2 is 1.96 bits per heavy atom. The molecule has 0 unspecified atom stereocenters. The Morgan fingerprint density at radius 3 is 2.74 bits per heavy atom. The first kappa shape index (κ1) is 16.3.